The summed E-state index contributed by atoms with van der Waals surface area (Å²) in [4.78, 5) is 13.4. The van der Waals surface area contributed by atoms with Crippen LogP contribution in [0.1, 0.15) is 11.6 Å². The molecule has 158 valence electrons. The summed E-state index contributed by atoms with van der Waals surface area (Å²) >= 11 is 11.8. The van der Waals surface area contributed by atoms with E-state index < -0.39 is 34.1 Å². The molecule has 1 atom stereocenters. The minimum atomic E-state index is -4.91. The molecule has 0 aliphatic carbocycles. The van der Waals surface area contributed by atoms with Crippen molar-refractivity contribution in [2.24, 2.45) is 0 Å². The smallest absolute Gasteiger partial charge is 0.406 e. The van der Waals surface area contributed by atoms with Crippen LogP contribution in [-0.2, 0) is 14.8 Å². The third kappa shape index (κ3) is 6.23. The summed E-state index contributed by atoms with van der Waals surface area (Å²) in [7, 11) is -1.41. The highest BCUT2D eigenvalue weighted by molar-refractivity contribution is 7.89. The molecule has 0 aromatic heterocycles. The highest BCUT2D eigenvalue weighted by Gasteiger charge is 2.32. The van der Waals surface area contributed by atoms with E-state index in [2.05, 4.69) is 9.46 Å². The molecule has 0 saturated carbocycles. The van der Waals surface area contributed by atoms with Gasteiger partial charge in [0.25, 0.3) is 0 Å². The van der Waals surface area contributed by atoms with Gasteiger partial charge in [-0.15, -0.1) is 13.2 Å². The Labute approximate surface area is 175 Å². The van der Waals surface area contributed by atoms with E-state index in [0.29, 0.717) is 0 Å². The number of hydrogen-bond donors (Lipinski definition) is 1. The van der Waals surface area contributed by atoms with E-state index in [1.807, 2.05) is 0 Å². The van der Waals surface area contributed by atoms with Crippen molar-refractivity contribution < 1.29 is 31.1 Å². The van der Waals surface area contributed by atoms with Gasteiger partial charge in [-0.05, 0) is 42.0 Å². The maximum atomic E-state index is 12.7. The lowest BCUT2D eigenvalue weighted by Crippen LogP contribution is -2.39. The van der Waals surface area contributed by atoms with Crippen molar-refractivity contribution >= 4 is 39.1 Å². The second-order valence-corrected chi connectivity index (χ2v) is 8.51. The molecular formula is C17H15Cl2F3N2O4S. The fourth-order valence-corrected chi connectivity index (χ4v) is 3.74. The molecule has 1 unspecified atom stereocenters. The summed E-state index contributed by atoms with van der Waals surface area (Å²) < 4.78 is 68.1. The molecule has 0 fully saturated rings. The fourth-order valence-electron chi connectivity index (χ4n) is 2.25. The predicted molar refractivity (Wildman–Crippen MR) is 101 cm³/mol. The molecule has 0 heterocycles. The molecule has 29 heavy (non-hydrogen) atoms. The Bertz CT molecular complexity index is 997. The summed E-state index contributed by atoms with van der Waals surface area (Å²) in [5, 5.41) is 0.336. The number of ether oxygens (including phenoxy) is 1. The monoisotopic (exact) mass is 470 g/mol. The highest BCUT2D eigenvalue weighted by Crippen LogP contribution is 2.28. The van der Waals surface area contributed by atoms with Gasteiger partial charge in [0.2, 0.25) is 15.9 Å². The van der Waals surface area contributed by atoms with Gasteiger partial charge in [-0.25, -0.2) is 8.42 Å². The number of alkyl halides is 3. The lowest BCUT2D eigenvalue weighted by molar-refractivity contribution is -0.274. The topological polar surface area (TPSA) is 75.7 Å². The number of likely N-dealkylation sites (N-methyl/N-ethyl adjacent to an activating group) is 1. The molecule has 0 spiro atoms. The number of amides is 1. The minimum absolute atomic E-state index is 0.119. The Morgan fingerprint density at radius 3 is 2.14 bits per heavy atom. The Morgan fingerprint density at radius 1 is 1.07 bits per heavy atom. The second-order valence-electron chi connectivity index (χ2n) is 5.98. The van der Waals surface area contributed by atoms with Crippen molar-refractivity contribution in [3.63, 3.8) is 0 Å². The van der Waals surface area contributed by atoms with Crippen LogP contribution in [0.4, 0.5) is 13.2 Å². The van der Waals surface area contributed by atoms with E-state index >= 15 is 0 Å². The molecule has 0 bridgehead atoms. The van der Waals surface area contributed by atoms with Gasteiger partial charge in [0.05, 0.1) is 14.9 Å². The van der Waals surface area contributed by atoms with Gasteiger partial charge in [0.15, 0.2) is 0 Å². The SMILES string of the molecule is CN(C)C(=O)C(NS(=O)(=O)c1ccc(OC(F)(F)F)cc1)c1ccc(Cl)c(Cl)c1. The van der Waals surface area contributed by atoms with Gasteiger partial charge in [0.1, 0.15) is 11.8 Å². The van der Waals surface area contributed by atoms with Gasteiger partial charge in [-0.2, -0.15) is 4.72 Å². The summed E-state index contributed by atoms with van der Waals surface area (Å²) in [6, 6.07) is 6.41. The van der Waals surface area contributed by atoms with Gasteiger partial charge in [-0.1, -0.05) is 29.3 Å². The first-order chi connectivity index (χ1) is 13.3. The highest BCUT2D eigenvalue weighted by atomic mass is 35.5. The van der Waals surface area contributed by atoms with Gasteiger partial charge in [0, 0.05) is 14.1 Å². The molecule has 2 aromatic carbocycles. The molecule has 0 radical (unpaired) electrons. The third-order valence-corrected chi connectivity index (χ3v) is 5.78. The number of hydrogen-bond acceptors (Lipinski definition) is 4. The van der Waals surface area contributed by atoms with Gasteiger partial charge < -0.3 is 9.64 Å². The number of rotatable bonds is 6. The lowest BCUT2D eigenvalue weighted by Gasteiger charge is -2.22. The Hall–Kier alpha value is -2.01. The fraction of sp³-hybridized carbons (Fsp3) is 0.235. The quantitative estimate of drug-likeness (QED) is 0.692. The molecule has 0 aliphatic rings. The summed E-state index contributed by atoms with van der Waals surface area (Å²) in [6.45, 7) is 0. The average molecular weight is 471 g/mol. The maximum Gasteiger partial charge on any atom is 0.573 e. The summed E-state index contributed by atoms with van der Waals surface area (Å²) in [5.74, 6) is -1.18. The van der Waals surface area contributed by atoms with Crippen LogP contribution >= 0.6 is 23.2 Å². The number of sulfonamides is 1. The first-order valence-electron chi connectivity index (χ1n) is 7.84. The molecule has 0 aliphatic heterocycles. The average Bonchev–Trinajstić information content (AvgIpc) is 2.60. The van der Waals surface area contributed by atoms with Crippen LogP contribution in [-0.4, -0.2) is 39.7 Å². The molecule has 1 amide bonds. The van der Waals surface area contributed by atoms with E-state index in [1.165, 1.54) is 37.2 Å². The van der Waals surface area contributed by atoms with Crippen LogP contribution in [0.5, 0.6) is 5.75 Å². The zero-order valence-electron chi connectivity index (χ0n) is 15.0. The second kappa shape index (κ2) is 8.78. The van der Waals surface area contributed by atoms with Crippen LogP contribution in [0, 0.1) is 0 Å². The standard InChI is InChI=1S/C17H15Cl2F3N2O4S/c1-24(2)16(25)15(10-3-8-13(18)14(19)9-10)23-29(26,27)12-6-4-11(5-7-12)28-17(20,21)22/h3-9,15,23H,1-2H3. The number of halogens is 5. The molecule has 2 rings (SSSR count). The van der Waals surface area contributed by atoms with Crippen molar-refractivity contribution in [2.45, 2.75) is 17.3 Å². The third-order valence-electron chi connectivity index (χ3n) is 3.61. The van der Waals surface area contributed by atoms with E-state index in [4.69, 9.17) is 23.2 Å². The van der Waals surface area contributed by atoms with E-state index in [1.54, 1.807) is 0 Å². The Morgan fingerprint density at radius 2 is 1.66 bits per heavy atom. The van der Waals surface area contributed by atoms with Gasteiger partial charge >= 0.3 is 6.36 Å². The zero-order chi connectivity index (χ0) is 22.0. The van der Waals surface area contributed by atoms with Crippen LogP contribution in [0.15, 0.2) is 47.4 Å². The van der Waals surface area contributed by atoms with Crippen LogP contribution in [0.2, 0.25) is 10.0 Å². The molecule has 1 N–H and O–H groups in total. The van der Waals surface area contributed by atoms with Crippen molar-refractivity contribution in [2.75, 3.05) is 14.1 Å². The van der Waals surface area contributed by atoms with Gasteiger partial charge in [-0.3, -0.25) is 4.79 Å². The maximum absolute atomic E-state index is 12.7. The van der Waals surface area contributed by atoms with Crippen LogP contribution in [0.3, 0.4) is 0 Å². The first-order valence-corrected chi connectivity index (χ1v) is 10.1. The molecule has 2 aromatic rings. The van der Waals surface area contributed by atoms with Crippen molar-refractivity contribution in [1.29, 1.82) is 0 Å². The van der Waals surface area contributed by atoms with E-state index in [0.717, 1.165) is 24.3 Å². The van der Waals surface area contributed by atoms with E-state index in [-0.39, 0.29) is 20.5 Å². The Balaban J connectivity index is 2.36. The lowest BCUT2D eigenvalue weighted by atomic mass is 10.1. The zero-order valence-corrected chi connectivity index (χ0v) is 17.3. The number of nitrogens with zero attached hydrogens (tertiary/aromatic N) is 1. The van der Waals surface area contributed by atoms with Crippen LogP contribution < -0.4 is 9.46 Å². The molecule has 0 saturated heterocycles. The largest absolute Gasteiger partial charge is 0.573 e. The number of nitrogens with one attached hydrogen (secondary N) is 1. The van der Waals surface area contributed by atoms with Crippen molar-refractivity contribution in [3.05, 3.63) is 58.1 Å². The predicted octanol–water partition coefficient (Wildman–Crippen LogP) is 4.00. The number of carbonyl (C=O) groups excluding carboxylic acids is 1. The normalized spacial score (nSPS) is 13.1. The van der Waals surface area contributed by atoms with Crippen LogP contribution in [0.25, 0.3) is 0 Å². The minimum Gasteiger partial charge on any atom is -0.406 e. The van der Waals surface area contributed by atoms with E-state index in [9.17, 15) is 26.4 Å². The Kier molecular flexibility index (Phi) is 7.05. The molecular weight excluding hydrogens is 456 g/mol. The van der Waals surface area contributed by atoms with Crippen molar-refractivity contribution in [3.8, 4) is 5.75 Å². The molecule has 12 heteroatoms. The number of carbonyl (C=O) groups is 1. The van der Waals surface area contributed by atoms with Crippen molar-refractivity contribution in [1.82, 2.24) is 9.62 Å². The molecule has 6 nitrogen and oxygen atoms in total. The summed E-state index contributed by atoms with van der Waals surface area (Å²) in [6.07, 6.45) is -4.91. The number of benzene rings is 2. The first kappa shape index (κ1) is 23.3. The summed E-state index contributed by atoms with van der Waals surface area (Å²) in [5.41, 5.74) is 0.235.